The Bertz CT molecular complexity index is 1590. The SMILES string of the molecule is Cc1cc(-c2ccc(OP(=O)(N[C@@H](C)C(=O)OC(C)C)O[C@H]3O[C@@H](n4ccc(=O)[nH]c4=O)[C@@H](C)[C@@H]3O)cc2)ccc1F. The summed E-state index contributed by atoms with van der Waals surface area (Å²) in [5, 5.41) is 13.4. The fourth-order valence-corrected chi connectivity index (χ4v) is 5.89. The maximum Gasteiger partial charge on any atom is 0.461 e. The van der Waals surface area contributed by atoms with E-state index < -0.39 is 61.7 Å². The molecule has 1 unspecified atom stereocenters. The van der Waals surface area contributed by atoms with Crippen LogP contribution in [0.4, 0.5) is 4.39 Å². The molecule has 1 aliphatic rings. The van der Waals surface area contributed by atoms with Gasteiger partial charge in [0.2, 0.25) is 0 Å². The third-order valence-corrected chi connectivity index (χ3v) is 8.18. The standard InChI is InChI=1S/C28H33FN3O9P/c1-15(2)38-26(35)18(5)31-42(37,40-21-9-6-19(7-10-21)20-8-11-22(29)16(3)14-20)41-27-24(34)17(4)25(39-27)32-13-12-23(33)30-28(32)36/h6-15,17-18,24-25,27,34H,1-5H3,(H,31,37)(H,30,33,36)/t17-,18-,24-,25+,27+,42?/m0/s1. The molecule has 6 atom stereocenters. The highest BCUT2D eigenvalue weighted by atomic mass is 31.2. The van der Waals surface area contributed by atoms with E-state index in [9.17, 15) is 28.4 Å². The van der Waals surface area contributed by atoms with Gasteiger partial charge in [0.15, 0.2) is 6.29 Å². The van der Waals surface area contributed by atoms with E-state index in [0.29, 0.717) is 5.56 Å². The van der Waals surface area contributed by atoms with Gasteiger partial charge in [-0.25, -0.2) is 13.8 Å². The average Bonchev–Trinajstić information content (AvgIpc) is 3.18. The molecule has 0 spiro atoms. The fraction of sp³-hybridized carbons (Fsp3) is 0.393. The number of esters is 1. The Morgan fingerprint density at radius 1 is 1.12 bits per heavy atom. The number of carbonyl (C=O) groups is 1. The Balaban J connectivity index is 1.59. The summed E-state index contributed by atoms with van der Waals surface area (Å²) in [6.07, 6.45) is -3.25. The van der Waals surface area contributed by atoms with Gasteiger partial charge in [-0.05, 0) is 68.7 Å². The maximum atomic E-state index is 14.1. The zero-order valence-corrected chi connectivity index (χ0v) is 24.5. The average molecular weight is 606 g/mol. The number of H-pyrrole nitrogens is 1. The summed E-state index contributed by atoms with van der Waals surface area (Å²) in [4.78, 5) is 38.4. The van der Waals surface area contributed by atoms with E-state index in [1.165, 1.54) is 31.3 Å². The first kappa shape index (κ1) is 31.3. The van der Waals surface area contributed by atoms with Crippen molar-refractivity contribution in [2.75, 3.05) is 0 Å². The highest BCUT2D eigenvalue weighted by molar-refractivity contribution is 7.52. The number of ether oxygens (including phenoxy) is 2. The molecule has 42 heavy (non-hydrogen) atoms. The molecule has 1 fully saturated rings. The number of aromatic amines is 1. The molecule has 12 nitrogen and oxygen atoms in total. The van der Waals surface area contributed by atoms with Gasteiger partial charge in [-0.2, -0.15) is 5.09 Å². The van der Waals surface area contributed by atoms with Gasteiger partial charge in [0.25, 0.3) is 5.56 Å². The third kappa shape index (κ3) is 7.23. The van der Waals surface area contributed by atoms with Gasteiger partial charge < -0.3 is 19.1 Å². The molecule has 0 radical (unpaired) electrons. The van der Waals surface area contributed by atoms with E-state index in [1.807, 2.05) is 0 Å². The Labute approximate surface area is 241 Å². The van der Waals surface area contributed by atoms with Crippen molar-refractivity contribution in [3.05, 3.63) is 86.9 Å². The van der Waals surface area contributed by atoms with Crippen LogP contribution in [0.1, 0.15) is 39.5 Å². The quantitative estimate of drug-likeness (QED) is 0.230. The van der Waals surface area contributed by atoms with Crippen molar-refractivity contribution in [3.63, 3.8) is 0 Å². The molecule has 1 aromatic heterocycles. The fourth-order valence-electron chi connectivity index (χ4n) is 4.30. The zero-order valence-electron chi connectivity index (χ0n) is 23.6. The van der Waals surface area contributed by atoms with Crippen LogP contribution in [0.2, 0.25) is 0 Å². The van der Waals surface area contributed by atoms with Crippen molar-refractivity contribution in [3.8, 4) is 16.9 Å². The second-order valence-corrected chi connectivity index (χ2v) is 11.9. The van der Waals surface area contributed by atoms with Crippen molar-refractivity contribution in [2.45, 2.75) is 65.4 Å². The van der Waals surface area contributed by atoms with Gasteiger partial charge in [-0.15, -0.1) is 0 Å². The predicted octanol–water partition coefficient (Wildman–Crippen LogP) is 3.64. The minimum Gasteiger partial charge on any atom is -0.462 e. The first-order chi connectivity index (χ1) is 19.8. The number of nitrogens with zero attached hydrogens (tertiary/aromatic N) is 1. The lowest BCUT2D eigenvalue weighted by Gasteiger charge is -2.26. The summed E-state index contributed by atoms with van der Waals surface area (Å²) in [7, 11) is -4.48. The molecule has 0 saturated carbocycles. The van der Waals surface area contributed by atoms with E-state index in [1.54, 1.807) is 52.0 Å². The second-order valence-electron chi connectivity index (χ2n) is 10.3. The van der Waals surface area contributed by atoms with Crippen LogP contribution in [0.25, 0.3) is 11.1 Å². The van der Waals surface area contributed by atoms with Crippen molar-refractivity contribution in [1.82, 2.24) is 14.6 Å². The number of rotatable bonds is 10. The topological polar surface area (TPSA) is 158 Å². The van der Waals surface area contributed by atoms with Gasteiger partial charge in [-0.3, -0.25) is 23.7 Å². The number of aliphatic hydroxyl groups excluding tert-OH is 1. The summed E-state index contributed by atoms with van der Waals surface area (Å²) >= 11 is 0. The third-order valence-electron chi connectivity index (χ3n) is 6.54. The van der Waals surface area contributed by atoms with Crippen LogP contribution in [0.15, 0.2) is 64.3 Å². The molecule has 0 bridgehead atoms. The molecule has 2 aromatic carbocycles. The van der Waals surface area contributed by atoms with Crippen LogP contribution in [0.3, 0.4) is 0 Å². The minimum atomic E-state index is -4.48. The first-order valence-corrected chi connectivity index (χ1v) is 14.8. The van der Waals surface area contributed by atoms with Crippen molar-refractivity contribution >= 4 is 13.7 Å². The number of hydrogen-bond acceptors (Lipinski definition) is 9. The molecule has 4 rings (SSSR count). The van der Waals surface area contributed by atoms with Crippen LogP contribution in [0, 0.1) is 18.7 Å². The molecule has 0 aliphatic carbocycles. The molecule has 1 aliphatic heterocycles. The minimum absolute atomic E-state index is 0.0896. The molecule has 3 aromatic rings. The molecule has 226 valence electrons. The Hall–Kier alpha value is -3.61. The molecule has 0 amide bonds. The van der Waals surface area contributed by atoms with Gasteiger partial charge in [0.1, 0.15) is 29.9 Å². The predicted molar refractivity (Wildman–Crippen MR) is 150 cm³/mol. The maximum absolute atomic E-state index is 14.1. The van der Waals surface area contributed by atoms with Gasteiger partial charge >= 0.3 is 19.4 Å². The van der Waals surface area contributed by atoms with E-state index >= 15 is 0 Å². The van der Waals surface area contributed by atoms with Crippen molar-refractivity contribution < 1.29 is 37.4 Å². The van der Waals surface area contributed by atoms with Crippen LogP contribution >= 0.6 is 7.75 Å². The molecular formula is C28H33FN3O9P. The summed E-state index contributed by atoms with van der Waals surface area (Å²) in [6, 6.07) is 11.0. The van der Waals surface area contributed by atoms with E-state index in [2.05, 4.69) is 10.1 Å². The number of aromatic nitrogens is 2. The first-order valence-electron chi connectivity index (χ1n) is 13.2. The largest absolute Gasteiger partial charge is 0.462 e. The van der Waals surface area contributed by atoms with Crippen LogP contribution < -0.4 is 20.9 Å². The smallest absolute Gasteiger partial charge is 0.461 e. The summed E-state index contributed by atoms with van der Waals surface area (Å²) < 4.78 is 51.2. The van der Waals surface area contributed by atoms with Crippen LogP contribution in [0.5, 0.6) is 5.75 Å². The van der Waals surface area contributed by atoms with Crippen molar-refractivity contribution in [1.29, 1.82) is 0 Å². The number of hydrogen-bond donors (Lipinski definition) is 3. The number of aryl methyl sites for hydroxylation is 1. The number of halogens is 1. The van der Waals surface area contributed by atoms with Crippen LogP contribution in [-0.2, 0) is 23.4 Å². The summed E-state index contributed by atoms with van der Waals surface area (Å²) in [5.41, 5.74) is 0.582. The lowest BCUT2D eigenvalue weighted by molar-refractivity contribution is -0.149. The normalized spacial score (nSPS) is 22.5. The molecule has 1 saturated heterocycles. The van der Waals surface area contributed by atoms with Gasteiger partial charge in [-0.1, -0.05) is 25.1 Å². The van der Waals surface area contributed by atoms with E-state index in [-0.39, 0.29) is 11.6 Å². The lowest BCUT2D eigenvalue weighted by Crippen LogP contribution is -2.38. The lowest BCUT2D eigenvalue weighted by atomic mass is 10.0. The summed E-state index contributed by atoms with van der Waals surface area (Å²) in [5.74, 6) is -1.70. The molecular weight excluding hydrogens is 572 g/mol. The monoisotopic (exact) mass is 605 g/mol. The Morgan fingerprint density at radius 2 is 1.79 bits per heavy atom. The number of carbonyl (C=O) groups excluding carboxylic acids is 1. The molecule has 2 heterocycles. The molecule has 14 heteroatoms. The zero-order chi connectivity index (χ0) is 30.8. The highest BCUT2D eigenvalue weighted by Gasteiger charge is 2.47. The van der Waals surface area contributed by atoms with E-state index in [4.69, 9.17) is 18.5 Å². The van der Waals surface area contributed by atoms with Crippen molar-refractivity contribution in [2.24, 2.45) is 5.92 Å². The second kappa shape index (κ2) is 12.7. The number of nitrogens with one attached hydrogen (secondary N) is 2. The van der Waals surface area contributed by atoms with Gasteiger partial charge in [0, 0.05) is 18.2 Å². The number of benzene rings is 2. The Morgan fingerprint density at radius 3 is 2.40 bits per heavy atom. The molecule has 3 N–H and O–H groups in total. The van der Waals surface area contributed by atoms with E-state index in [0.717, 1.165) is 21.8 Å². The number of aliphatic hydroxyl groups is 1. The summed E-state index contributed by atoms with van der Waals surface area (Å²) in [6.45, 7) is 7.95. The highest BCUT2D eigenvalue weighted by Crippen LogP contribution is 2.50. The van der Waals surface area contributed by atoms with Crippen LogP contribution in [-0.4, -0.2) is 45.2 Å². The van der Waals surface area contributed by atoms with Gasteiger partial charge in [0.05, 0.1) is 6.10 Å². The Kier molecular flexibility index (Phi) is 9.49.